The lowest BCUT2D eigenvalue weighted by Crippen LogP contribution is -2.06. The molecule has 19 heavy (non-hydrogen) atoms. The maximum atomic E-state index is 11.5. The van der Waals surface area contributed by atoms with Gasteiger partial charge in [0.25, 0.3) is 0 Å². The Kier molecular flexibility index (Phi) is 5.67. The number of benzene rings is 2. The van der Waals surface area contributed by atoms with Crippen molar-refractivity contribution < 1.29 is 4.79 Å². The molecule has 1 nitrogen and oxygen atoms in total. The lowest BCUT2D eigenvalue weighted by molar-refractivity contribution is -0.114. The van der Waals surface area contributed by atoms with E-state index in [0.717, 1.165) is 0 Å². The molecule has 0 unspecified atom stereocenters. The van der Waals surface area contributed by atoms with Gasteiger partial charge in [0, 0.05) is 0 Å². The number of hydrogen-bond acceptors (Lipinski definition) is 2. The van der Waals surface area contributed by atoms with Crippen molar-refractivity contribution in [1.82, 2.24) is 0 Å². The third kappa shape index (κ3) is 4.22. The fraction of sp³-hybridized carbons (Fsp3) is 0.188. The Morgan fingerprint density at radius 3 is 1.84 bits per heavy atom. The van der Waals surface area contributed by atoms with Crippen LogP contribution in [-0.2, 0) is 4.79 Å². The van der Waals surface area contributed by atoms with Crippen LogP contribution in [0.4, 0.5) is 0 Å². The molecule has 0 atom stereocenters. The molecule has 2 aromatic carbocycles. The molecule has 2 rings (SSSR count). The van der Waals surface area contributed by atoms with E-state index in [1.165, 1.54) is 11.1 Å². The molecule has 0 fully saturated rings. The van der Waals surface area contributed by atoms with Crippen molar-refractivity contribution in [2.75, 3.05) is 11.1 Å². The van der Waals surface area contributed by atoms with Gasteiger partial charge in [-0.05, 0) is 11.1 Å². The Morgan fingerprint density at radius 2 is 1.42 bits per heavy atom. The first-order valence-corrected chi connectivity index (χ1v) is 8.27. The summed E-state index contributed by atoms with van der Waals surface area (Å²) in [5.41, 5.74) is 2.47. The summed E-state index contributed by atoms with van der Waals surface area (Å²) in [5, 5.41) is 0.640. The van der Waals surface area contributed by atoms with Crippen LogP contribution < -0.4 is 0 Å². The topological polar surface area (TPSA) is 17.1 Å². The molecule has 0 aromatic heterocycles. The van der Waals surface area contributed by atoms with Crippen LogP contribution >= 0.6 is 27.7 Å². The van der Waals surface area contributed by atoms with Gasteiger partial charge in [-0.2, -0.15) is 0 Å². The summed E-state index contributed by atoms with van der Waals surface area (Å²) in [6.07, 6.45) is 0. The highest BCUT2D eigenvalue weighted by Crippen LogP contribution is 2.35. The minimum atomic E-state index is 0.213. The second-order valence-electron chi connectivity index (χ2n) is 4.18. The van der Waals surface area contributed by atoms with E-state index in [2.05, 4.69) is 40.2 Å². The van der Waals surface area contributed by atoms with Gasteiger partial charge in [0.2, 0.25) is 0 Å². The maximum absolute atomic E-state index is 11.5. The van der Waals surface area contributed by atoms with Crippen molar-refractivity contribution in [2.45, 2.75) is 5.25 Å². The molecule has 2 aromatic rings. The normalized spacial score (nSPS) is 10.6. The Labute approximate surface area is 126 Å². The molecule has 0 heterocycles. The van der Waals surface area contributed by atoms with E-state index >= 15 is 0 Å². The number of Topliss-reactive ketones (excluding diaryl/α,β-unsaturated/α-hetero) is 1. The molecule has 0 spiro atoms. The monoisotopic (exact) mass is 334 g/mol. The minimum Gasteiger partial charge on any atom is -0.298 e. The van der Waals surface area contributed by atoms with E-state index < -0.39 is 0 Å². The molecule has 0 radical (unpaired) electrons. The predicted octanol–water partition coefficient (Wildman–Crippen LogP) is 4.47. The van der Waals surface area contributed by atoms with Crippen molar-refractivity contribution in [3.63, 3.8) is 0 Å². The van der Waals surface area contributed by atoms with Crippen molar-refractivity contribution in [3.8, 4) is 0 Å². The highest BCUT2D eigenvalue weighted by atomic mass is 79.9. The Bertz CT molecular complexity index is 473. The van der Waals surface area contributed by atoms with Crippen LogP contribution in [0.1, 0.15) is 16.4 Å². The Balaban J connectivity index is 2.21. The first-order valence-electron chi connectivity index (χ1n) is 6.10. The van der Waals surface area contributed by atoms with Crippen molar-refractivity contribution in [1.29, 1.82) is 0 Å². The van der Waals surface area contributed by atoms with Crippen LogP contribution in [0.25, 0.3) is 0 Å². The molecule has 0 amide bonds. The molecular weight excluding hydrogens is 320 g/mol. The summed E-state index contributed by atoms with van der Waals surface area (Å²) in [6, 6.07) is 20.6. The van der Waals surface area contributed by atoms with E-state index in [9.17, 15) is 4.79 Å². The van der Waals surface area contributed by atoms with Crippen LogP contribution in [0, 0.1) is 0 Å². The summed E-state index contributed by atoms with van der Waals surface area (Å²) in [6.45, 7) is 0. The minimum absolute atomic E-state index is 0.213. The number of alkyl halides is 1. The Hall–Kier alpha value is -1.06. The molecule has 3 heteroatoms. The van der Waals surface area contributed by atoms with E-state index in [-0.39, 0.29) is 11.0 Å². The van der Waals surface area contributed by atoms with Gasteiger partial charge in [-0.3, -0.25) is 4.79 Å². The molecule has 0 saturated heterocycles. The molecule has 98 valence electrons. The van der Waals surface area contributed by atoms with Crippen molar-refractivity contribution in [3.05, 3.63) is 71.8 Å². The number of carbonyl (C=O) groups is 1. The lowest BCUT2D eigenvalue weighted by Gasteiger charge is -2.17. The van der Waals surface area contributed by atoms with E-state index in [0.29, 0.717) is 11.1 Å². The zero-order chi connectivity index (χ0) is 13.5. The van der Waals surface area contributed by atoms with Gasteiger partial charge in [-0.25, -0.2) is 0 Å². The number of thioether (sulfide) groups is 1. The van der Waals surface area contributed by atoms with Crippen LogP contribution in [0.5, 0.6) is 0 Å². The average molecular weight is 335 g/mol. The molecule has 0 aliphatic carbocycles. The fourth-order valence-corrected chi connectivity index (χ4v) is 3.47. The van der Waals surface area contributed by atoms with Gasteiger partial charge in [-0.15, -0.1) is 11.8 Å². The van der Waals surface area contributed by atoms with Crippen LogP contribution in [0.15, 0.2) is 60.7 Å². The molecule has 0 N–H and O–H groups in total. The SMILES string of the molecule is O=C(CBr)CSC(c1ccccc1)c1ccccc1. The van der Waals surface area contributed by atoms with Gasteiger partial charge < -0.3 is 0 Å². The number of carbonyl (C=O) groups excluding carboxylic acids is 1. The van der Waals surface area contributed by atoms with Crippen molar-refractivity contribution in [2.24, 2.45) is 0 Å². The highest BCUT2D eigenvalue weighted by Gasteiger charge is 2.15. The highest BCUT2D eigenvalue weighted by molar-refractivity contribution is 9.09. The smallest absolute Gasteiger partial charge is 0.153 e. The number of halogens is 1. The molecule has 0 bridgehead atoms. The van der Waals surface area contributed by atoms with E-state index in [4.69, 9.17) is 0 Å². The largest absolute Gasteiger partial charge is 0.298 e. The van der Waals surface area contributed by atoms with Crippen LogP contribution in [-0.4, -0.2) is 16.9 Å². The summed E-state index contributed by atoms with van der Waals surface area (Å²) in [4.78, 5) is 11.5. The number of hydrogen-bond donors (Lipinski definition) is 0. The van der Waals surface area contributed by atoms with Gasteiger partial charge in [0.1, 0.15) is 0 Å². The molecule has 0 saturated carbocycles. The maximum Gasteiger partial charge on any atom is 0.153 e. The zero-order valence-electron chi connectivity index (χ0n) is 10.5. The second kappa shape index (κ2) is 7.51. The number of ketones is 1. The molecular formula is C16H15BrOS. The predicted molar refractivity (Wildman–Crippen MR) is 86.0 cm³/mol. The van der Waals surface area contributed by atoms with Gasteiger partial charge >= 0.3 is 0 Å². The van der Waals surface area contributed by atoms with Crippen LogP contribution in [0.3, 0.4) is 0 Å². The average Bonchev–Trinajstić information content (AvgIpc) is 2.49. The quantitative estimate of drug-likeness (QED) is 0.725. The molecule has 0 aliphatic heterocycles. The van der Waals surface area contributed by atoms with Crippen molar-refractivity contribution >= 4 is 33.5 Å². The summed E-state index contributed by atoms with van der Waals surface area (Å²) >= 11 is 4.90. The summed E-state index contributed by atoms with van der Waals surface area (Å²) in [5.74, 6) is 0.751. The van der Waals surface area contributed by atoms with E-state index in [1.807, 2.05) is 36.4 Å². The fourth-order valence-electron chi connectivity index (χ4n) is 1.86. The van der Waals surface area contributed by atoms with Gasteiger partial charge in [0.05, 0.1) is 16.3 Å². The number of rotatable bonds is 6. The third-order valence-corrected chi connectivity index (χ3v) is 4.76. The first-order chi connectivity index (χ1) is 9.31. The third-order valence-electron chi connectivity index (χ3n) is 2.76. The zero-order valence-corrected chi connectivity index (χ0v) is 12.9. The van der Waals surface area contributed by atoms with Gasteiger partial charge in [0.15, 0.2) is 5.78 Å². The standard InChI is InChI=1S/C16H15BrOS/c17-11-15(18)12-19-16(13-7-3-1-4-8-13)14-9-5-2-6-10-14/h1-10,16H,11-12H2. The second-order valence-corrected chi connectivity index (χ2v) is 5.84. The van der Waals surface area contributed by atoms with E-state index in [1.54, 1.807) is 11.8 Å². The van der Waals surface area contributed by atoms with Crippen LogP contribution in [0.2, 0.25) is 0 Å². The summed E-state index contributed by atoms with van der Waals surface area (Å²) < 4.78 is 0. The van der Waals surface area contributed by atoms with Gasteiger partial charge in [-0.1, -0.05) is 76.6 Å². The first kappa shape index (κ1) is 14.4. The molecule has 0 aliphatic rings. The Morgan fingerprint density at radius 1 is 0.947 bits per heavy atom. The lowest BCUT2D eigenvalue weighted by atomic mass is 10.0. The summed E-state index contributed by atoms with van der Waals surface area (Å²) in [7, 11) is 0.